The van der Waals surface area contributed by atoms with E-state index in [1.807, 2.05) is 30.3 Å². The molecule has 5 heteroatoms. The van der Waals surface area contributed by atoms with Crippen LogP contribution in [0.15, 0.2) is 42.5 Å². The van der Waals surface area contributed by atoms with E-state index < -0.39 is 0 Å². The van der Waals surface area contributed by atoms with E-state index in [4.69, 9.17) is 14.2 Å². The second kappa shape index (κ2) is 10.2. The van der Waals surface area contributed by atoms with Crippen LogP contribution in [0, 0.1) is 0 Å². The van der Waals surface area contributed by atoms with E-state index in [9.17, 15) is 4.79 Å². The number of aryl methyl sites for hydroxylation is 1. The summed E-state index contributed by atoms with van der Waals surface area (Å²) in [5.41, 5.74) is 2.26. The molecule has 1 aliphatic heterocycles. The van der Waals surface area contributed by atoms with E-state index in [-0.39, 0.29) is 11.9 Å². The molecule has 156 valence electrons. The minimum absolute atomic E-state index is 0.140. The fraction of sp³-hybridized carbons (Fsp3) is 0.458. The Kier molecular flexibility index (Phi) is 7.39. The fourth-order valence-corrected chi connectivity index (χ4v) is 4.01. The van der Waals surface area contributed by atoms with E-state index in [2.05, 4.69) is 17.0 Å². The second-order valence-electron chi connectivity index (χ2n) is 7.41. The number of nitrogens with zero attached hydrogens (tertiary/aromatic N) is 1. The molecule has 0 saturated carbocycles. The summed E-state index contributed by atoms with van der Waals surface area (Å²) in [6.45, 7) is 0.821. The van der Waals surface area contributed by atoms with E-state index in [0.717, 1.165) is 37.1 Å². The molecule has 0 N–H and O–H groups in total. The normalized spacial score (nSPS) is 16.8. The van der Waals surface area contributed by atoms with Gasteiger partial charge in [-0.3, -0.25) is 4.79 Å². The topological polar surface area (TPSA) is 48.0 Å². The molecule has 2 aromatic rings. The summed E-state index contributed by atoms with van der Waals surface area (Å²) >= 11 is 0. The van der Waals surface area contributed by atoms with Crippen LogP contribution in [0.1, 0.15) is 49.3 Å². The minimum atomic E-state index is 0.140. The van der Waals surface area contributed by atoms with Gasteiger partial charge < -0.3 is 19.1 Å². The van der Waals surface area contributed by atoms with Crippen molar-refractivity contribution in [2.45, 2.75) is 44.6 Å². The zero-order chi connectivity index (χ0) is 20.6. The Morgan fingerprint density at radius 3 is 2.38 bits per heavy atom. The molecule has 1 unspecified atom stereocenters. The van der Waals surface area contributed by atoms with Gasteiger partial charge >= 0.3 is 0 Å². The Bertz CT molecular complexity index is 803. The van der Waals surface area contributed by atoms with Crippen LogP contribution in [0.5, 0.6) is 17.2 Å². The van der Waals surface area contributed by atoms with Gasteiger partial charge in [0.25, 0.3) is 0 Å². The highest BCUT2D eigenvalue weighted by atomic mass is 16.5. The molecule has 29 heavy (non-hydrogen) atoms. The molecule has 1 heterocycles. The number of likely N-dealkylation sites (tertiary alicyclic amines) is 1. The van der Waals surface area contributed by atoms with E-state index >= 15 is 0 Å². The third-order valence-corrected chi connectivity index (χ3v) is 5.65. The van der Waals surface area contributed by atoms with Crippen LogP contribution >= 0.6 is 0 Å². The monoisotopic (exact) mass is 397 g/mol. The van der Waals surface area contributed by atoms with Crippen LogP contribution in [0.3, 0.4) is 0 Å². The van der Waals surface area contributed by atoms with Crippen LogP contribution in [0.2, 0.25) is 0 Å². The van der Waals surface area contributed by atoms with Gasteiger partial charge in [-0.1, -0.05) is 31.0 Å². The average Bonchev–Trinajstić information content (AvgIpc) is 3.03. The first-order chi connectivity index (χ1) is 14.2. The van der Waals surface area contributed by atoms with E-state index in [0.29, 0.717) is 24.3 Å². The maximum atomic E-state index is 13.2. The number of amides is 1. The number of benzene rings is 2. The van der Waals surface area contributed by atoms with Gasteiger partial charge in [0.15, 0.2) is 11.5 Å². The number of methoxy groups -OCH3 is 3. The van der Waals surface area contributed by atoms with Crippen LogP contribution in [-0.4, -0.2) is 38.7 Å². The van der Waals surface area contributed by atoms with Crippen molar-refractivity contribution in [3.63, 3.8) is 0 Å². The van der Waals surface area contributed by atoms with Gasteiger partial charge in [-0.2, -0.15) is 0 Å². The Morgan fingerprint density at radius 1 is 0.931 bits per heavy atom. The predicted molar refractivity (Wildman–Crippen MR) is 114 cm³/mol. The van der Waals surface area contributed by atoms with Crippen LogP contribution in [0.25, 0.3) is 0 Å². The average molecular weight is 398 g/mol. The molecule has 2 aromatic carbocycles. The summed E-state index contributed by atoms with van der Waals surface area (Å²) in [6, 6.07) is 14.1. The molecule has 1 atom stereocenters. The molecular formula is C24H31NO4. The summed E-state index contributed by atoms with van der Waals surface area (Å²) in [4.78, 5) is 15.2. The molecule has 0 aliphatic carbocycles. The molecular weight excluding hydrogens is 366 g/mol. The highest BCUT2D eigenvalue weighted by Gasteiger charge is 2.26. The number of carbonyl (C=O) groups excluding carboxylic acids is 1. The SMILES string of the molecule is COc1ccc(C2CCCCCN2C(=O)CCc2ccc(OC)c(OC)c2)cc1. The molecule has 1 aliphatic rings. The largest absolute Gasteiger partial charge is 0.497 e. The number of rotatable bonds is 7. The zero-order valence-electron chi connectivity index (χ0n) is 17.6. The summed E-state index contributed by atoms with van der Waals surface area (Å²) < 4.78 is 16.0. The fourth-order valence-electron chi connectivity index (χ4n) is 4.01. The van der Waals surface area contributed by atoms with Crippen molar-refractivity contribution in [3.05, 3.63) is 53.6 Å². The van der Waals surface area contributed by atoms with Crippen molar-refractivity contribution < 1.29 is 19.0 Å². The first kappa shape index (κ1) is 21.0. The van der Waals surface area contributed by atoms with Crippen LogP contribution < -0.4 is 14.2 Å². The lowest BCUT2D eigenvalue weighted by Gasteiger charge is -2.31. The number of hydrogen-bond acceptors (Lipinski definition) is 4. The van der Waals surface area contributed by atoms with Crippen LogP contribution in [0.4, 0.5) is 0 Å². The van der Waals surface area contributed by atoms with Gasteiger partial charge in [0.1, 0.15) is 5.75 Å². The Morgan fingerprint density at radius 2 is 1.69 bits per heavy atom. The van der Waals surface area contributed by atoms with Gasteiger partial charge in [-0.05, 0) is 54.7 Å². The van der Waals surface area contributed by atoms with Crippen LogP contribution in [-0.2, 0) is 11.2 Å². The first-order valence-corrected chi connectivity index (χ1v) is 10.3. The number of carbonyl (C=O) groups is 1. The molecule has 0 radical (unpaired) electrons. The van der Waals surface area contributed by atoms with Gasteiger partial charge in [0, 0.05) is 13.0 Å². The Balaban J connectivity index is 1.71. The quantitative estimate of drug-likeness (QED) is 0.674. The third kappa shape index (κ3) is 5.22. The Labute approximate surface area is 173 Å². The smallest absolute Gasteiger partial charge is 0.223 e. The molecule has 5 nitrogen and oxygen atoms in total. The van der Waals surface area contributed by atoms with Gasteiger partial charge in [0.05, 0.1) is 27.4 Å². The zero-order valence-corrected chi connectivity index (χ0v) is 17.6. The maximum absolute atomic E-state index is 13.2. The van der Waals surface area contributed by atoms with Crippen molar-refractivity contribution in [2.24, 2.45) is 0 Å². The molecule has 1 fully saturated rings. The van der Waals surface area contributed by atoms with E-state index in [1.165, 1.54) is 12.0 Å². The lowest BCUT2D eigenvalue weighted by Crippen LogP contribution is -2.35. The Hall–Kier alpha value is -2.69. The van der Waals surface area contributed by atoms with E-state index in [1.54, 1.807) is 21.3 Å². The summed E-state index contributed by atoms with van der Waals surface area (Å²) in [6.07, 6.45) is 5.57. The van der Waals surface area contributed by atoms with Gasteiger partial charge in [-0.25, -0.2) is 0 Å². The van der Waals surface area contributed by atoms with Crippen molar-refractivity contribution in [1.29, 1.82) is 0 Å². The van der Waals surface area contributed by atoms with Crippen molar-refractivity contribution >= 4 is 5.91 Å². The molecule has 0 bridgehead atoms. The second-order valence-corrected chi connectivity index (χ2v) is 7.41. The summed E-state index contributed by atoms with van der Waals surface area (Å²) in [5.74, 6) is 2.45. The molecule has 0 aromatic heterocycles. The lowest BCUT2D eigenvalue weighted by atomic mass is 10.00. The summed E-state index contributed by atoms with van der Waals surface area (Å²) in [5, 5.41) is 0. The van der Waals surface area contributed by atoms with Crippen molar-refractivity contribution in [1.82, 2.24) is 4.90 Å². The summed E-state index contributed by atoms with van der Waals surface area (Å²) in [7, 11) is 4.92. The maximum Gasteiger partial charge on any atom is 0.223 e. The molecule has 1 amide bonds. The molecule has 3 rings (SSSR count). The molecule has 1 saturated heterocycles. The molecule has 0 spiro atoms. The van der Waals surface area contributed by atoms with Gasteiger partial charge in [-0.15, -0.1) is 0 Å². The minimum Gasteiger partial charge on any atom is -0.497 e. The lowest BCUT2D eigenvalue weighted by molar-refractivity contribution is -0.133. The van der Waals surface area contributed by atoms with Gasteiger partial charge in [0.2, 0.25) is 5.91 Å². The highest BCUT2D eigenvalue weighted by molar-refractivity contribution is 5.77. The van der Waals surface area contributed by atoms with Crippen molar-refractivity contribution in [2.75, 3.05) is 27.9 Å². The van der Waals surface area contributed by atoms with Crippen molar-refractivity contribution in [3.8, 4) is 17.2 Å². The predicted octanol–water partition coefficient (Wildman–Crippen LogP) is 4.79. The number of ether oxygens (including phenoxy) is 3. The standard InChI is InChI=1S/C24H31NO4/c1-27-20-12-10-19(11-13-20)21-7-5-4-6-16-25(21)24(26)15-9-18-8-14-22(28-2)23(17-18)29-3/h8,10-14,17,21H,4-7,9,15-16H2,1-3H3. The third-order valence-electron chi connectivity index (χ3n) is 5.65. The first-order valence-electron chi connectivity index (χ1n) is 10.3. The highest BCUT2D eigenvalue weighted by Crippen LogP contribution is 2.32. The number of hydrogen-bond donors (Lipinski definition) is 0.